The van der Waals surface area contributed by atoms with Gasteiger partial charge in [0.1, 0.15) is 5.03 Å². The van der Waals surface area contributed by atoms with Crippen molar-refractivity contribution in [3.63, 3.8) is 0 Å². The number of aromatic nitrogens is 1. The summed E-state index contributed by atoms with van der Waals surface area (Å²) in [6.45, 7) is -0.110. The van der Waals surface area contributed by atoms with Crippen LogP contribution in [0.5, 0.6) is 0 Å². The maximum absolute atomic E-state index is 13.2. The minimum absolute atomic E-state index is 0.0292. The van der Waals surface area contributed by atoms with Gasteiger partial charge in [0.05, 0.1) is 35.5 Å². The van der Waals surface area contributed by atoms with Crippen molar-refractivity contribution in [3.05, 3.63) is 160 Å². The summed E-state index contributed by atoms with van der Waals surface area (Å²) >= 11 is 1.28. The third-order valence-electron chi connectivity index (χ3n) is 8.68. The fourth-order valence-electron chi connectivity index (χ4n) is 6.17. The molecular weight excluding hydrogens is 673 g/mol. The number of carbonyl (C=O) groups is 4. The van der Waals surface area contributed by atoms with Crippen LogP contribution in [0.25, 0.3) is 0 Å². The number of amides is 1. The Labute approximate surface area is 296 Å². The van der Waals surface area contributed by atoms with E-state index >= 15 is 0 Å². The van der Waals surface area contributed by atoms with Gasteiger partial charge in [0.15, 0.2) is 6.29 Å². The van der Waals surface area contributed by atoms with Gasteiger partial charge in [0.2, 0.25) is 0 Å². The van der Waals surface area contributed by atoms with Crippen LogP contribution in [0.4, 0.5) is 5.69 Å². The molecule has 1 unspecified atom stereocenters. The van der Waals surface area contributed by atoms with Crippen LogP contribution < -0.4 is 5.32 Å². The standard InChI is InChI=1S/C39H30N2O9S/c42-20-22-11-13-24(14-12-22)33-32(23-6-2-1-3-7-23)31(21-51-35-29(36(44)45)10-5-17-40-35)48-39(49-33)26-8-4-9-27(18-26)41-34(43)25-15-16-28-30(19-25)38(47)50-37(28)46/h1-19,31-33,39,42H,20-21H2,(H,41,43)(H,44,45)/t31-,32-,33+,39?/m1/s1. The average Bonchev–Trinajstić information content (AvgIpc) is 3.45. The minimum Gasteiger partial charge on any atom is -0.478 e. The number of rotatable bonds is 10. The van der Waals surface area contributed by atoms with Crippen LogP contribution in [0.3, 0.4) is 0 Å². The van der Waals surface area contributed by atoms with Crippen molar-refractivity contribution in [2.75, 3.05) is 11.1 Å². The van der Waals surface area contributed by atoms with Gasteiger partial charge >= 0.3 is 17.9 Å². The van der Waals surface area contributed by atoms with Gasteiger partial charge in [-0.25, -0.2) is 19.4 Å². The summed E-state index contributed by atoms with van der Waals surface area (Å²) in [4.78, 5) is 53.5. The molecule has 1 fully saturated rings. The van der Waals surface area contributed by atoms with E-state index in [0.29, 0.717) is 22.0 Å². The minimum atomic E-state index is -1.08. The first-order chi connectivity index (χ1) is 24.8. The van der Waals surface area contributed by atoms with Gasteiger partial charge in [-0.05, 0) is 59.2 Å². The van der Waals surface area contributed by atoms with E-state index in [4.69, 9.17) is 9.47 Å². The molecule has 1 amide bonds. The molecule has 0 bridgehead atoms. The molecule has 2 aliphatic rings. The van der Waals surface area contributed by atoms with Crippen molar-refractivity contribution in [1.29, 1.82) is 0 Å². The van der Waals surface area contributed by atoms with Crippen LogP contribution in [-0.2, 0) is 20.8 Å². The van der Waals surface area contributed by atoms with E-state index in [2.05, 4.69) is 15.0 Å². The number of carboxylic acids is 1. The SMILES string of the molecule is O=C(Nc1cccc(C2O[C@H](CSc3ncccc3C(=O)O)[C@@H](c3ccccc3)[C@H](c3ccc(CO)cc3)O2)c1)c1ccc2c(c1)C(=O)OC2=O. The summed E-state index contributed by atoms with van der Waals surface area (Å²) in [6.07, 6.45) is -0.386. The molecule has 1 saturated heterocycles. The van der Waals surface area contributed by atoms with Crippen LogP contribution in [0.1, 0.15) is 82.0 Å². The number of thioether (sulfide) groups is 1. The molecule has 0 saturated carbocycles. The van der Waals surface area contributed by atoms with E-state index in [1.807, 2.05) is 60.7 Å². The molecule has 2 aliphatic heterocycles. The number of fused-ring (bicyclic) bond motifs is 1. The number of anilines is 1. The number of carboxylic acid groups (broad SMARTS) is 1. The number of ether oxygens (including phenoxy) is 3. The number of esters is 2. The zero-order valence-electron chi connectivity index (χ0n) is 26.8. The van der Waals surface area contributed by atoms with Crippen molar-refractivity contribution in [2.24, 2.45) is 0 Å². The molecule has 12 heteroatoms. The molecular formula is C39H30N2O9S. The largest absolute Gasteiger partial charge is 0.478 e. The topological polar surface area (TPSA) is 161 Å². The summed E-state index contributed by atoms with van der Waals surface area (Å²) < 4.78 is 18.1. The number of carbonyl (C=O) groups excluding carboxylic acids is 3. The van der Waals surface area contributed by atoms with E-state index < -0.39 is 42.3 Å². The van der Waals surface area contributed by atoms with Gasteiger partial charge in [-0.2, -0.15) is 0 Å². The van der Waals surface area contributed by atoms with Gasteiger partial charge in [-0.1, -0.05) is 66.7 Å². The molecule has 256 valence electrons. The lowest BCUT2D eigenvalue weighted by Gasteiger charge is -2.43. The van der Waals surface area contributed by atoms with Crippen LogP contribution >= 0.6 is 11.8 Å². The van der Waals surface area contributed by atoms with Crippen molar-refractivity contribution in [3.8, 4) is 0 Å². The smallest absolute Gasteiger partial charge is 0.346 e. The number of hydrogen-bond donors (Lipinski definition) is 3. The number of cyclic esters (lactones) is 2. The second-order valence-electron chi connectivity index (χ2n) is 11.9. The molecule has 3 heterocycles. The monoisotopic (exact) mass is 702 g/mol. The molecule has 11 nitrogen and oxygen atoms in total. The van der Waals surface area contributed by atoms with Crippen LogP contribution in [0.2, 0.25) is 0 Å². The number of nitrogens with zero attached hydrogens (tertiary/aromatic N) is 1. The lowest BCUT2D eigenvalue weighted by Crippen LogP contribution is -2.38. The lowest BCUT2D eigenvalue weighted by atomic mass is 9.84. The van der Waals surface area contributed by atoms with Crippen molar-refractivity contribution in [2.45, 2.75) is 36.0 Å². The van der Waals surface area contributed by atoms with Gasteiger partial charge in [-0.15, -0.1) is 11.8 Å². The summed E-state index contributed by atoms with van der Waals surface area (Å²) in [5.41, 5.74) is 3.99. The number of aromatic carboxylic acids is 1. The first kappa shape index (κ1) is 33.8. The van der Waals surface area contributed by atoms with Gasteiger partial charge in [0, 0.05) is 34.7 Å². The summed E-state index contributed by atoms with van der Waals surface area (Å²) in [5, 5.41) is 22.7. The average molecular weight is 703 g/mol. The molecule has 0 aliphatic carbocycles. The molecule has 0 spiro atoms. The lowest BCUT2D eigenvalue weighted by molar-refractivity contribution is -0.255. The van der Waals surface area contributed by atoms with Crippen LogP contribution in [-0.4, -0.2) is 50.9 Å². The second-order valence-corrected chi connectivity index (χ2v) is 12.9. The summed E-state index contributed by atoms with van der Waals surface area (Å²) in [5.74, 6) is -3.13. The maximum Gasteiger partial charge on any atom is 0.346 e. The zero-order chi connectivity index (χ0) is 35.5. The quantitative estimate of drug-likeness (QED) is 0.0821. The summed E-state index contributed by atoms with van der Waals surface area (Å²) in [6, 6.07) is 31.6. The highest BCUT2D eigenvalue weighted by Crippen LogP contribution is 2.48. The Morgan fingerprint density at radius 2 is 1.55 bits per heavy atom. The van der Waals surface area contributed by atoms with E-state index in [0.717, 1.165) is 16.7 Å². The van der Waals surface area contributed by atoms with Crippen molar-refractivity contribution in [1.82, 2.24) is 4.98 Å². The molecule has 0 radical (unpaired) electrons. The molecule has 51 heavy (non-hydrogen) atoms. The van der Waals surface area contributed by atoms with Crippen LogP contribution in [0.15, 0.2) is 120 Å². The Hall–Kier alpha value is -5.66. The van der Waals surface area contributed by atoms with Gasteiger partial charge in [-0.3, -0.25) is 4.79 Å². The highest BCUT2D eigenvalue weighted by Gasteiger charge is 2.42. The van der Waals surface area contributed by atoms with E-state index in [9.17, 15) is 29.4 Å². The number of aliphatic hydroxyl groups is 1. The first-order valence-corrected chi connectivity index (χ1v) is 17.0. The third-order valence-corrected chi connectivity index (χ3v) is 9.77. The van der Waals surface area contributed by atoms with Crippen molar-refractivity contribution < 1.29 is 43.6 Å². The zero-order valence-corrected chi connectivity index (χ0v) is 27.6. The second kappa shape index (κ2) is 14.7. The van der Waals surface area contributed by atoms with Crippen molar-refractivity contribution >= 4 is 41.3 Å². The number of benzene rings is 4. The molecule has 7 rings (SSSR count). The number of aliphatic hydroxyl groups excluding tert-OH is 1. The Morgan fingerprint density at radius 1 is 0.784 bits per heavy atom. The molecule has 4 atom stereocenters. The Bertz CT molecular complexity index is 2120. The number of nitrogens with one attached hydrogen (secondary N) is 1. The fourth-order valence-corrected chi connectivity index (χ4v) is 7.23. The highest BCUT2D eigenvalue weighted by molar-refractivity contribution is 7.99. The van der Waals surface area contributed by atoms with E-state index in [1.165, 1.54) is 36.0 Å². The third kappa shape index (κ3) is 7.16. The maximum atomic E-state index is 13.2. The molecule has 4 aromatic carbocycles. The Morgan fingerprint density at radius 3 is 2.31 bits per heavy atom. The van der Waals surface area contributed by atoms with E-state index in [1.54, 1.807) is 30.5 Å². The Kier molecular flexibility index (Phi) is 9.73. The van der Waals surface area contributed by atoms with E-state index in [-0.39, 0.29) is 34.8 Å². The molecule has 1 aromatic heterocycles. The number of hydrogen-bond acceptors (Lipinski definition) is 10. The van der Waals surface area contributed by atoms with Gasteiger partial charge < -0.3 is 29.7 Å². The highest BCUT2D eigenvalue weighted by atomic mass is 32.2. The van der Waals surface area contributed by atoms with Crippen LogP contribution in [0, 0.1) is 0 Å². The fraction of sp³-hybridized carbons (Fsp3) is 0.154. The predicted octanol–water partition coefficient (Wildman–Crippen LogP) is 6.57. The summed E-state index contributed by atoms with van der Waals surface area (Å²) in [7, 11) is 0. The normalized spacial score (nSPS) is 19.6. The van der Waals surface area contributed by atoms with Gasteiger partial charge in [0.25, 0.3) is 5.91 Å². The molecule has 3 N–H and O–H groups in total. The number of pyridine rings is 1. The molecule has 5 aromatic rings. The first-order valence-electron chi connectivity index (χ1n) is 16.0. The predicted molar refractivity (Wildman–Crippen MR) is 185 cm³/mol. The Balaban J connectivity index is 1.21.